The Bertz CT molecular complexity index is 812. The molecule has 0 radical (unpaired) electrons. The molecule has 2 aromatic heterocycles. The molecule has 0 spiro atoms. The third kappa shape index (κ3) is 2.19. The number of carbonyl (C=O) groups is 2. The van der Waals surface area contributed by atoms with E-state index in [1.807, 2.05) is 0 Å². The van der Waals surface area contributed by atoms with E-state index < -0.39 is 11.5 Å². The maximum absolute atomic E-state index is 12.4. The monoisotopic (exact) mass is 321 g/mol. The zero-order valence-corrected chi connectivity index (χ0v) is 12.8. The number of amides is 1. The Labute approximate surface area is 129 Å². The topological polar surface area (TPSA) is 92.5 Å². The molecular weight excluding hydrogens is 306 g/mol. The molecule has 7 nitrogen and oxygen atoms in total. The molecule has 1 aliphatic heterocycles. The lowest BCUT2D eigenvalue weighted by Gasteiger charge is -2.31. The van der Waals surface area contributed by atoms with Crippen molar-refractivity contribution in [2.45, 2.75) is 31.8 Å². The van der Waals surface area contributed by atoms with E-state index in [4.69, 9.17) is 0 Å². The van der Waals surface area contributed by atoms with Crippen LogP contribution in [-0.2, 0) is 16.1 Å². The summed E-state index contributed by atoms with van der Waals surface area (Å²) in [6.45, 7) is 1.74. The van der Waals surface area contributed by atoms with Crippen LogP contribution in [0.2, 0.25) is 0 Å². The van der Waals surface area contributed by atoms with E-state index in [0.717, 1.165) is 0 Å². The highest BCUT2D eigenvalue weighted by molar-refractivity contribution is 7.16. The second-order valence-electron chi connectivity index (χ2n) is 5.54. The fraction of sp³-hybridized carbons (Fsp3) is 0.429. The standard InChI is InChI=1S/C14H15N3O4S/c1-14(13(20)21)4-2-5-17(14)10(18)7-16-8-15-11-9(12(16)19)3-6-22-11/h3,6,8H,2,4-5,7H2,1H3,(H,20,21). The van der Waals surface area contributed by atoms with Crippen LogP contribution in [0.1, 0.15) is 19.8 Å². The Morgan fingerprint density at radius 1 is 1.50 bits per heavy atom. The van der Waals surface area contributed by atoms with Crippen LogP contribution in [0.15, 0.2) is 22.6 Å². The lowest BCUT2D eigenvalue weighted by atomic mass is 9.99. The number of carbonyl (C=O) groups excluding carboxylic acids is 1. The molecule has 3 heterocycles. The highest BCUT2D eigenvalue weighted by Gasteiger charge is 2.45. The molecule has 1 N–H and O–H groups in total. The lowest BCUT2D eigenvalue weighted by Crippen LogP contribution is -2.52. The molecular formula is C14H15N3O4S. The summed E-state index contributed by atoms with van der Waals surface area (Å²) < 4.78 is 1.23. The number of hydrogen-bond acceptors (Lipinski definition) is 5. The van der Waals surface area contributed by atoms with Crippen molar-refractivity contribution in [1.82, 2.24) is 14.5 Å². The Morgan fingerprint density at radius 2 is 2.27 bits per heavy atom. The number of thiophene rings is 1. The van der Waals surface area contributed by atoms with Gasteiger partial charge in [-0.3, -0.25) is 14.2 Å². The fourth-order valence-corrected chi connectivity index (χ4v) is 3.55. The van der Waals surface area contributed by atoms with Crippen molar-refractivity contribution in [3.8, 4) is 0 Å². The smallest absolute Gasteiger partial charge is 0.329 e. The van der Waals surface area contributed by atoms with Gasteiger partial charge in [0.05, 0.1) is 11.7 Å². The van der Waals surface area contributed by atoms with Gasteiger partial charge in [0.2, 0.25) is 5.91 Å². The number of rotatable bonds is 3. The van der Waals surface area contributed by atoms with Crippen molar-refractivity contribution in [2.24, 2.45) is 0 Å². The van der Waals surface area contributed by atoms with Crippen LogP contribution in [0, 0.1) is 0 Å². The van der Waals surface area contributed by atoms with Crippen LogP contribution in [0.25, 0.3) is 10.2 Å². The van der Waals surface area contributed by atoms with Gasteiger partial charge in [0, 0.05) is 6.54 Å². The van der Waals surface area contributed by atoms with Gasteiger partial charge in [-0.25, -0.2) is 9.78 Å². The lowest BCUT2D eigenvalue weighted by molar-refractivity contribution is -0.155. The molecule has 116 valence electrons. The Kier molecular flexibility index (Phi) is 3.48. The number of aliphatic carboxylic acids is 1. The summed E-state index contributed by atoms with van der Waals surface area (Å²) in [5.41, 5.74) is -1.48. The summed E-state index contributed by atoms with van der Waals surface area (Å²) in [6, 6.07) is 1.67. The molecule has 1 aliphatic rings. The van der Waals surface area contributed by atoms with Crippen molar-refractivity contribution >= 4 is 33.4 Å². The van der Waals surface area contributed by atoms with Gasteiger partial charge < -0.3 is 10.0 Å². The Balaban J connectivity index is 1.88. The average Bonchev–Trinajstić information content (AvgIpc) is 3.09. The average molecular weight is 321 g/mol. The number of carboxylic acids is 1. The normalized spacial score (nSPS) is 21.4. The number of nitrogens with zero attached hydrogens (tertiary/aromatic N) is 3. The van der Waals surface area contributed by atoms with E-state index in [9.17, 15) is 19.5 Å². The SMILES string of the molecule is CC1(C(=O)O)CCCN1C(=O)Cn1cnc2sccc2c1=O. The van der Waals surface area contributed by atoms with Gasteiger partial charge in [0.1, 0.15) is 16.9 Å². The van der Waals surface area contributed by atoms with Crippen LogP contribution in [-0.4, -0.2) is 43.5 Å². The highest BCUT2D eigenvalue weighted by atomic mass is 32.1. The summed E-state index contributed by atoms with van der Waals surface area (Å²) in [5.74, 6) is -1.39. The minimum absolute atomic E-state index is 0.194. The van der Waals surface area contributed by atoms with E-state index in [-0.39, 0.29) is 18.0 Å². The molecule has 0 bridgehead atoms. The number of fused-ring (bicyclic) bond motifs is 1. The second kappa shape index (κ2) is 5.20. The van der Waals surface area contributed by atoms with Crippen LogP contribution in [0.4, 0.5) is 0 Å². The predicted octanol–water partition coefficient (Wildman–Crippen LogP) is 0.924. The van der Waals surface area contributed by atoms with Gasteiger partial charge in [0.25, 0.3) is 5.56 Å². The van der Waals surface area contributed by atoms with Crippen LogP contribution in [0.3, 0.4) is 0 Å². The minimum Gasteiger partial charge on any atom is -0.480 e. The maximum Gasteiger partial charge on any atom is 0.329 e. The third-order valence-corrected chi connectivity index (χ3v) is 4.98. The Hall–Kier alpha value is -2.22. The van der Waals surface area contributed by atoms with Gasteiger partial charge in [-0.1, -0.05) is 0 Å². The molecule has 1 fully saturated rings. The fourth-order valence-electron chi connectivity index (χ4n) is 2.82. The van der Waals surface area contributed by atoms with Gasteiger partial charge in [-0.05, 0) is 31.2 Å². The van der Waals surface area contributed by atoms with Gasteiger partial charge in [0.15, 0.2) is 0 Å². The van der Waals surface area contributed by atoms with Crippen molar-refractivity contribution in [3.05, 3.63) is 28.1 Å². The maximum atomic E-state index is 12.4. The van der Waals surface area contributed by atoms with Crippen molar-refractivity contribution in [3.63, 3.8) is 0 Å². The van der Waals surface area contributed by atoms with Crippen LogP contribution < -0.4 is 5.56 Å². The highest BCUT2D eigenvalue weighted by Crippen LogP contribution is 2.29. The third-order valence-electron chi connectivity index (χ3n) is 4.16. The summed E-state index contributed by atoms with van der Waals surface area (Å²) in [4.78, 5) is 42.3. The minimum atomic E-state index is -1.19. The summed E-state index contributed by atoms with van der Waals surface area (Å²) in [6.07, 6.45) is 2.41. The largest absolute Gasteiger partial charge is 0.480 e. The van der Waals surface area contributed by atoms with Gasteiger partial charge >= 0.3 is 5.97 Å². The molecule has 8 heteroatoms. The molecule has 1 unspecified atom stereocenters. The van der Waals surface area contributed by atoms with E-state index in [1.54, 1.807) is 18.4 Å². The van der Waals surface area contributed by atoms with Crippen molar-refractivity contribution in [1.29, 1.82) is 0 Å². The summed E-state index contributed by atoms with van der Waals surface area (Å²) >= 11 is 1.36. The van der Waals surface area contributed by atoms with Gasteiger partial charge in [-0.15, -0.1) is 11.3 Å². The molecule has 3 rings (SSSR count). The number of carboxylic acid groups (broad SMARTS) is 1. The number of likely N-dealkylation sites (tertiary alicyclic amines) is 1. The summed E-state index contributed by atoms with van der Waals surface area (Å²) in [7, 11) is 0. The van der Waals surface area contributed by atoms with E-state index in [0.29, 0.717) is 29.6 Å². The second-order valence-corrected chi connectivity index (χ2v) is 6.44. The molecule has 0 aromatic carbocycles. The first kappa shape index (κ1) is 14.7. The molecule has 0 aliphatic carbocycles. The first-order valence-corrected chi connectivity index (χ1v) is 7.78. The molecule has 1 saturated heterocycles. The molecule has 2 aromatic rings. The molecule has 1 amide bonds. The molecule has 0 saturated carbocycles. The first-order chi connectivity index (χ1) is 10.4. The molecule has 22 heavy (non-hydrogen) atoms. The van der Waals surface area contributed by atoms with E-state index in [2.05, 4.69) is 4.98 Å². The first-order valence-electron chi connectivity index (χ1n) is 6.90. The number of aromatic nitrogens is 2. The number of hydrogen-bond donors (Lipinski definition) is 1. The quantitative estimate of drug-likeness (QED) is 0.907. The van der Waals surface area contributed by atoms with Crippen molar-refractivity contribution < 1.29 is 14.7 Å². The summed E-state index contributed by atoms with van der Waals surface area (Å²) in [5, 5.41) is 11.6. The van der Waals surface area contributed by atoms with Crippen molar-refractivity contribution in [2.75, 3.05) is 6.54 Å². The Morgan fingerprint density at radius 3 is 3.00 bits per heavy atom. The predicted molar refractivity (Wildman–Crippen MR) is 80.9 cm³/mol. The van der Waals surface area contributed by atoms with Gasteiger partial charge in [-0.2, -0.15) is 0 Å². The zero-order chi connectivity index (χ0) is 15.9. The van der Waals surface area contributed by atoms with E-state index >= 15 is 0 Å². The van der Waals surface area contributed by atoms with Crippen LogP contribution in [0.5, 0.6) is 0 Å². The van der Waals surface area contributed by atoms with Crippen LogP contribution >= 0.6 is 11.3 Å². The zero-order valence-electron chi connectivity index (χ0n) is 12.0. The van der Waals surface area contributed by atoms with E-state index in [1.165, 1.54) is 27.1 Å². The molecule has 1 atom stereocenters.